The third-order valence-corrected chi connectivity index (χ3v) is 2.35. The van der Waals surface area contributed by atoms with Gasteiger partial charge in [-0.1, -0.05) is 33.6 Å². The minimum Gasteiger partial charge on any atom is -0.0654 e. The highest BCUT2D eigenvalue weighted by atomic mass is 14.5. The Kier molecular flexibility index (Phi) is 1.34. The zero-order valence-corrected chi connectivity index (χ0v) is 6.20. The summed E-state index contributed by atoms with van der Waals surface area (Å²) in [4.78, 5) is 0. The van der Waals surface area contributed by atoms with Gasteiger partial charge < -0.3 is 0 Å². The van der Waals surface area contributed by atoms with Gasteiger partial charge in [0.05, 0.1) is 0 Å². The minimum absolute atomic E-state index is 0.718. The van der Waals surface area contributed by atoms with Crippen LogP contribution in [0.2, 0.25) is 0 Å². The Morgan fingerprint density at radius 3 is 2.12 bits per heavy atom. The molecule has 0 nitrogen and oxygen atoms in total. The topological polar surface area (TPSA) is 0 Å². The zero-order chi connectivity index (χ0) is 6.20. The van der Waals surface area contributed by atoms with Crippen LogP contribution in [-0.2, 0) is 0 Å². The summed E-state index contributed by atoms with van der Waals surface area (Å²) < 4.78 is 0. The predicted octanol–water partition coefficient (Wildman–Crippen LogP) is 2.83. The van der Waals surface area contributed by atoms with Crippen molar-refractivity contribution in [2.24, 2.45) is 11.3 Å². The lowest BCUT2D eigenvalue weighted by atomic mass is 10.1. The summed E-state index contributed by atoms with van der Waals surface area (Å²) in [6.07, 6.45) is 4.29. The molecule has 0 aromatic rings. The Balaban J connectivity index is 2.17. The van der Waals surface area contributed by atoms with Crippen LogP contribution in [0.1, 0.15) is 40.0 Å². The second kappa shape index (κ2) is 1.75. The summed E-state index contributed by atoms with van der Waals surface area (Å²) in [6, 6.07) is 0. The molecule has 0 spiro atoms. The molecule has 1 rings (SSSR count). The first-order valence-electron chi connectivity index (χ1n) is 3.67. The molecule has 48 valence electrons. The van der Waals surface area contributed by atoms with E-state index in [1.807, 2.05) is 0 Å². The Labute approximate surface area is 52.3 Å². The van der Waals surface area contributed by atoms with Crippen molar-refractivity contribution >= 4 is 0 Å². The number of rotatable bonds is 2. The largest absolute Gasteiger partial charge is 0.0654 e. The Morgan fingerprint density at radius 1 is 1.50 bits per heavy atom. The van der Waals surface area contributed by atoms with Crippen LogP contribution in [0.3, 0.4) is 0 Å². The zero-order valence-electron chi connectivity index (χ0n) is 6.20. The molecular weight excluding hydrogens is 96.1 g/mol. The summed E-state index contributed by atoms with van der Waals surface area (Å²) >= 11 is 0. The molecule has 1 atom stereocenters. The fourth-order valence-electron chi connectivity index (χ4n) is 1.42. The van der Waals surface area contributed by atoms with E-state index in [0.29, 0.717) is 0 Å². The highest BCUT2D eigenvalue weighted by Gasteiger charge is 2.44. The quantitative estimate of drug-likeness (QED) is 0.515. The van der Waals surface area contributed by atoms with Crippen LogP contribution in [0, 0.1) is 11.3 Å². The summed E-state index contributed by atoms with van der Waals surface area (Å²) in [5, 5.41) is 0. The van der Waals surface area contributed by atoms with Gasteiger partial charge in [0, 0.05) is 0 Å². The van der Waals surface area contributed by atoms with E-state index in [2.05, 4.69) is 20.8 Å². The van der Waals surface area contributed by atoms with Gasteiger partial charge in [0.25, 0.3) is 0 Å². The van der Waals surface area contributed by atoms with E-state index in [4.69, 9.17) is 0 Å². The lowest BCUT2D eigenvalue weighted by molar-refractivity contribution is 0.528. The van der Waals surface area contributed by atoms with Crippen molar-refractivity contribution in [2.75, 3.05) is 0 Å². The lowest BCUT2D eigenvalue weighted by Crippen LogP contribution is -1.88. The van der Waals surface area contributed by atoms with E-state index in [1.54, 1.807) is 0 Å². The molecule has 0 heterocycles. The molecule has 0 aromatic carbocycles. The van der Waals surface area contributed by atoms with Gasteiger partial charge in [-0.25, -0.2) is 0 Å². The van der Waals surface area contributed by atoms with Gasteiger partial charge in [0.2, 0.25) is 0 Å². The first kappa shape index (κ1) is 6.12. The van der Waals surface area contributed by atoms with Gasteiger partial charge in [-0.3, -0.25) is 0 Å². The first-order valence-corrected chi connectivity index (χ1v) is 3.67. The second-order valence-corrected chi connectivity index (χ2v) is 3.68. The monoisotopic (exact) mass is 112 g/mol. The maximum Gasteiger partial charge on any atom is -0.0323 e. The maximum absolute atomic E-state index is 2.37. The van der Waals surface area contributed by atoms with E-state index < -0.39 is 0 Å². The summed E-state index contributed by atoms with van der Waals surface area (Å²) in [7, 11) is 0. The van der Waals surface area contributed by atoms with Crippen LogP contribution >= 0.6 is 0 Å². The standard InChI is InChI=1S/C8H16/c1-4-5-7-6-8(7,2)3/h7H,4-6H2,1-3H3/t7-/m0/s1. The average molecular weight is 112 g/mol. The number of hydrogen-bond donors (Lipinski definition) is 0. The van der Waals surface area contributed by atoms with Gasteiger partial charge in [-0.15, -0.1) is 0 Å². The van der Waals surface area contributed by atoms with Crippen LogP contribution in [0.4, 0.5) is 0 Å². The fraction of sp³-hybridized carbons (Fsp3) is 1.00. The molecule has 8 heavy (non-hydrogen) atoms. The molecule has 0 saturated heterocycles. The van der Waals surface area contributed by atoms with Gasteiger partial charge >= 0.3 is 0 Å². The van der Waals surface area contributed by atoms with Crippen molar-refractivity contribution in [3.05, 3.63) is 0 Å². The molecule has 1 aliphatic carbocycles. The van der Waals surface area contributed by atoms with Crippen LogP contribution in [-0.4, -0.2) is 0 Å². The van der Waals surface area contributed by atoms with Gasteiger partial charge in [0.15, 0.2) is 0 Å². The molecule has 0 unspecified atom stereocenters. The van der Waals surface area contributed by atoms with E-state index in [9.17, 15) is 0 Å². The second-order valence-electron chi connectivity index (χ2n) is 3.68. The molecule has 0 heteroatoms. The van der Waals surface area contributed by atoms with E-state index >= 15 is 0 Å². The normalized spacial score (nSPS) is 32.6. The molecule has 0 aliphatic heterocycles. The third kappa shape index (κ3) is 1.04. The van der Waals surface area contributed by atoms with E-state index in [1.165, 1.54) is 19.3 Å². The SMILES string of the molecule is CCC[C@H]1CC1(C)C. The third-order valence-electron chi connectivity index (χ3n) is 2.35. The van der Waals surface area contributed by atoms with Gasteiger partial charge in [-0.05, 0) is 17.8 Å². The Hall–Kier alpha value is 0. The Morgan fingerprint density at radius 2 is 2.00 bits per heavy atom. The highest BCUT2D eigenvalue weighted by Crippen LogP contribution is 2.53. The highest BCUT2D eigenvalue weighted by molar-refractivity contribution is 4.94. The van der Waals surface area contributed by atoms with Crippen molar-refractivity contribution in [3.63, 3.8) is 0 Å². The van der Waals surface area contributed by atoms with Crippen LogP contribution in [0.25, 0.3) is 0 Å². The van der Waals surface area contributed by atoms with Gasteiger partial charge in [0.1, 0.15) is 0 Å². The lowest BCUT2D eigenvalue weighted by Gasteiger charge is -1.98. The van der Waals surface area contributed by atoms with Crippen LogP contribution in [0.15, 0.2) is 0 Å². The molecule has 0 radical (unpaired) electrons. The summed E-state index contributed by atoms with van der Waals surface area (Å²) in [5.41, 5.74) is 0.718. The molecule has 0 amide bonds. The minimum atomic E-state index is 0.718. The predicted molar refractivity (Wildman–Crippen MR) is 36.8 cm³/mol. The van der Waals surface area contributed by atoms with E-state index in [-0.39, 0.29) is 0 Å². The molecule has 0 N–H and O–H groups in total. The van der Waals surface area contributed by atoms with Crippen molar-refractivity contribution < 1.29 is 0 Å². The first-order chi connectivity index (χ1) is 3.67. The van der Waals surface area contributed by atoms with Crippen molar-refractivity contribution in [1.29, 1.82) is 0 Å². The molecule has 1 aliphatic rings. The fourth-order valence-corrected chi connectivity index (χ4v) is 1.42. The Bertz CT molecular complexity index is 82.0. The molecular formula is C8H16. The molecule has 0 bridgehead atoms. The van der Waals surface area contributed by atoms with E-state index in [0.717, 1.165) is 11.3 Å². The molecule has 1 fully saturated rings. The van der Waals surface area contributed by atoms with Crippen molar-refractivity contribution in [2.45, 2.75) is 40.0 Å². The van der Waals surface area contributed by atoms with Crippen LogP contribution < -0.4 is 0 Å². The maximum atomic E-state index is 2.37. The average Bonchev–Trinajstić information content (AvgIpc) is 2.15. The van der Waals surface area contributed by atoms with Crippen LogP contribution in [0.5, 0.6) is 0 Å². The molecule has 1 saturated carbocycles. The summed E-state index contributed by atoms with van der Waals surface area (Å²) in [6.45, 7) is 7.01. The van der Waals surface area contributed by atoms with Gasteiger partial charge in [-0.2, -0.15) is 0 Å². The molecule has 0 aromatic heterocycles. The van der Waals surface area contributed by atoms with Crippen molar-refractivity contribution in [1.82, 2.24) is 0 Å². The van der Waals surface area contributed by atoms with Crippen molar-refractivity contribution in [3.8, 4) is 0 Å². The smallest absolute Gasteiger partial charge is 0.0323 e. The number of hydrogen-bond acceptors (Lipinski definition) is 0. The summed E-state index contributed by atoms with van der Waals surface area (Å²) in [5.74, 6) is 1.06.